The highest BCUT2D eigenvalue weighted by Crippen LogP contribution is 2.29. The van der Waals surface area contributed by atoms with Gasteiger partial charge in [-0.2, -0.15) is 0 Å². The fourth-order valence-electron chi connectivity index (χ4n) is 1.20. The molecule has 0 saturated carbocycles. The molecule has 4 nitrogen and oxygen atoms in total. The second-order valence-corrected chi connectivity index (χ2v) is 3.34. The highest BCUT2D eigenvalue weighted by atomic mass is 19.4. The number of carboxylic acid groups (broad SMARTS) is 1. The third kappa shape index (κ3) is 4.15. The number of alkyl halides is 3. The Morgan fingerprint density at radius 2 is 2.06 bits per heavy atom. The number of carboxylic acids is 1. The summed E-state index contributed by atoms with van der Waals surface area (Å²) in [6.07, 6.45) is -4.26. The van der Waals surface area contributed by atoms with Gasteiger partial charge in [-0.25, -0.2) is 0 Å². The second kappa shape index (κ2) is 5.61. The number of carbonyl (C=O) groups is 1. The van der Waals surface area contributed by atoms with E-state index in [2.05, 4.69) is 4.74 Å². The lowest BCUT2D eigenvalue weighted by molar-refractivity contribution is -0.274. The standard InChI is InChI=1S/C11H11F3O4/c1-2-5-17-9-6-7(18-11(12,13)14)3-4-8(9)10(15)16/h3-4,6H,2,5H2,1H3,(H,15,16)/p-1. The Bertz CT molecular complexity index is 429. The Morgan fingerprint density at radius 3 is 2.56 bits per heavy atom. The van der Waals surface area contributed by atoms with E-state index in [1.807, 2.05) is 0 Å². The molecule has 0 heterocycles. The molecule has 0 radical (unpaired) electrons. The molecular weight excluding hydrogens is 253 g/mol. The Morgan fingerprint density at radius 1 is 1.39 bits per heavy atom. The molecule has 0 bridgehead atoms. The van der Waals surface area contributed by atoms with Crippen LogP contribution in [0.25, 0.3) is 0 Å². The lowest BCUT2D eigenvalue weighted by atomic mass is 10.2. The summed E-state index contributed by atoms with van der Waals surface area (Å²) in [5.74, 6) is -2.28. The highest BCUT2D eigenvalue weighted by Gasteiger charge is 2.31. The smallest absolute Gasteiger partial charge is 0.545 e. The van der Waals surface area contributed by atoms with Crippen LogP contribution in [0.15, 0.2) is 18.2 Å². The van der Waals surface area contributed by atoms with Gasteiger partial charge in [-0.1, -0.05) is 6.92 Å². The molecule has 0 aliphatic rings. The third-order valence-electron chi connectivity index (χ3n) is 1.87. The van der Waals surface area contributed by atoms with Gasteiger partial charge < -0.3 is 19.4 Å². The fourth-order valence-corrected chi connectivity index (χ4v) is 1.20. The molecular formula is C11H10F3O4-. The number of benzene rings is 1. The van der Waals surface area contributed by atoms with E-state index in [1.165, 1.54) is 0 Å². The quantitative estimate of drug-likeness (QED) is 0.811. The summed E-state index contributed by atoms with van der Waals surface area (Å²) in [4.78, 5) is 10.7. The molecule has 100 valence electrons. The SMILES string of the molecule is CCCOc1cc(OC(F)(F)F)ccc1C(=O)[O-]. The van der Waals surface area contributed by atoms with Crippen molar-refractivity contribution in [2.75, 3.05) is 6.61 Å². The minimum Gasteiger partial charge on any atom is -0.545 e. The zero-order valence-electron chi connectivity index (χ0n) is 9.41. The van der Waals surface area contributed by atoms with Crippen molar-refractivity contribution in [1.82, 2.24) is 0 Å². The van der Waals surface area contributed by atoms with Crippen LogP contribution in [0.5, 0.6) is 11.5 Å². The Balaban J connectivity index is 3.01. The zero-order chi connectivity index (χ0) is 13.8. The average molecular weight is 263 g/mol. The molecule has 0 aliphatic carbocycles. The molecule has 1 aromatic carbocycles. The van der Waals surface area contributed by atoms with E-state index in [0.29, 0.717) is 6.42 Å². The monoisotopic (exact) mass is 263 g/mol. The summed E-state index contributed by atoms with van der Waals surface area (Å²) in [5, 5.41) is 10.7. The molecule has 0 spiro atoms. The molecule has 1 aromatic rings. The van der Waals surface area contributed by atoms with Crippen LogP contribution in [-0.4, -0.2) is 18.9 Å². The van der Waals surface area contributed by atoms with E-state index >= 15 is 0 Å². The highest BCUT2D eigenvalue weighted by molar-refractivity contribution is 5.89. The number of hydrogen-bond donors (Lipinski definition) is 0. The van der Waals surface area contributed by atoms with Crippen LogP contribution in [0.4, 0.5) is 13.2 Å². The van der Waals surface area contributed by atoms with Crippen molar-refractivity contribution < 1.29 is 32.5 Å². The Hall–Kier alpha value is -1.92. The summed E-state index contributed by atoms with van der Waals surface area (Å²) in [7, 11) is 0. The summed E-state index contributed by atoms with van der Waals surface area (Å²) in [6, 6.07) is 2.70. The normalized spacial score (nSPS) is 11.1. The molecule has 1 rings (SSSR count). The van der Waals surface area contributed by atoms with Gasteiger partial charge in [-0.3, -0.25) is 0 Å². The molecule has 0 unspecified atom stereocenters. The van der Waals surface area contributed by atoms with Crippen molar-refractivity contribution in [3.05, 3.63) is 23.8 Å². The number of ether oxygens (including phenoxy) is 2. The molecule has 0 atom stereocenters. The molecule has 0 amide bonds. The molecule has 7 heteroatoms. The van der Waals surface area contributed by atoms with Crippen LogP contribution in [0.3, 0.4) is 0 Å². The first-order valence-corrected chi connectivity index (χ1v) is 5.07. The van der Waals surface area contributed by atoms with Crippen LogP contribution < -0.4 is 14.6 Å². The van der Waals surface area contributed by atoms with Crippen LogP contribution >= 0.6 is 0 Å². The summed E-state index contributed by atoms with van der Waals surface area (Å²) >= 11 is 0. The van der Waals surface area contributed by atoms with E-state index in [-0.39, 0.29) is 17.9 Å². The molecule has 0 N–H and O–H groups in total. The molecule has 0 aliphatic heterocycles. The van der Waals surface area contributed by atoms with Crippen molar-refractivity contribution in [2.24, 2.45) is 0 Å². The van der Waals surface area contributed by atoms with Crippen LogP contribution in [0.1, 0.15) is 23.7 Å². The van der Waals surface area contributed by atoms with Gasteiger partial charge in [0.25, 0.3) is 0 Å². The van der Waals surface area contributed by atoms with Gasteiger partial charge in [0.05, 0.1) is 12.6 Å². The minimum atomic E-state index is -4.84. The van der Waals surface area contributed by atoms with E-state index < -0.39 is 18.1 Å². The van der Waals surface area contributed by atoms with Crippen molar-refractivity contribution in [3.63, 3.8) is 0 Å². The Labute approximate surface area is 101 Å². The van der Waals surface area contributed by atoms with Gasteiger partial charge in [0.2, 0.25) is 0 Å². The van der Waals surface area contributed by atoms with Crippen LogP contribution in [-0.2, 0) is 0 Å². The van der Waals surface area contributed by atoms with Gasteiger partial charge in [-0.05, 0) is 18.6 Å². The summed E-state index contributed by atoms with van der Waals surface area (Å²) < 4.78 is 44.7. The van der Waals surface area contributed by atoms with Crippen LogP contribution in [0, 0.1) is 0 Å². The first kappa shape index (κ1) is 14.1. The predicted octanol–water partition coefficient (Wildman–Crippen LogP) is 1.74. The van der Waals surface area contributed by atoms with Crippen molar-refractivity contribution >= 4 is 5.97 Å². The maximum Gasteiger partial charge on any atom is 0.573 e. The maximum absolute atomic E-state index is 12.0. The molecule has 0 saturated heterocycles. The van der Waals surface area contributed by atoms with Gasteiger partial charge in [0.15, 0.2) is 0 Å². The van der Waals surface area contributed by atoms with Gasteiger partial charge in [0.1, 0.15) is 11.5 Å². The van der Waals surface area contributed by atoms with E-state index in [9.17, 15) is 23.1 Å². The summed E-state index contributed by atoms with van der Waals surface area (Å²) in [6.45, 7) is 1.95. The fraction of sp³-hybridized carbons (Fsp3) is 0.364. The average Bonchev–Trinajstić information content (AvgIpc) is 2.23. The first-order chi connectivity index (χ1) is 8.33. The maximum atomic E-state index is 12.0. The van der Waals surface area contributed by atoms with Crippen LogP contribution in [0.2, 0.25) is 0 Å². The van der Waals surface area contributed by atoms with Gasteiger partial charge >= 0.3 is 6.36 Å². The van der Waals surface area contributed by atoms with Crippen molar-refractivity contribution in [2.45, 2.75) is 19.7 Å². The number of carbonyl (C=O) groups excluding carboxylic acids is 1. The molecule has 0 fully saturated rings. The summed E-state index contributed by atoms with van der Waals surface area (Å²) in [5.41, 5.74) is -0.321. The zero-order valence-corrected chi connectivity index (χ0v) is 9.41. The molecule has 0 aromatic heterocycles. The van der Waals surface area contributed by atoms with Gasteiger partial charge in [0, 0.05) is 11.6 Å². The predicted molar refractivity (Wildman–Crippen MR) is 53.2 cm³/mol. The number of hydrogen-bond acceptors (Lipinski definition) is 4. The largest absolute Gasteiger partial charge is 0.573 e. The van der Waals surface area contributed by atoms with Crippen molar-refractivity contribution in [1.29, 1.82) is 0 Å². The van der Waals surface area contributed by atoms with Gasteiger partial charge in [-0.15, -0.1) is 13.2 Å². The van der Waals surface area contributed by atoms with E-state index in [1.54, 1.807) is 6.92 Å². The number of aromatic carboxylic acids is 1. The number of halogens is 3. The first-order valence-electron chi connectivity index (χ1n) is 5.07. The number of rotatable bonds is 5. The second-order valence-electron chi connectivity index (χ2n) is 3.34. The minimum absolute atomic E-state index is 0.176. The lowest BCUT2D eigenvalue weighted by Crippen LogP contribution is -2.23. The lowest BCUT2D eigenvalue weighted by Gasteiger charge is -2.14. The van der Waals surface area contributed by atoms with Crippen molar-refractivity contribution in [3.8, 4) is 11.5 Å². The molecule has 18 heavy (non-hydrogen) atoms. The van der Waals surface area contributed by atoms with E-state index in [0.717, 1.165) is 18.2 Å². The Kier molecular flexibility index (Phi) is 4.41. The topological polar surface area (TPSA) is 58.6 Å². The van der Waals surface area contributed by atoms with E-state index in [4.69, 9.17) is 4.74 Å². The third-order valence-corrected chi connectivity index (χ3v) is 1.87.